The van der Waals surface area contributed by atoms with Gasteiger partial charge in [0.05, 0.1) is 11.8 Å². The molecule has 0 aliphatic carbocycles. The second kappa shape index (κ2) is 5.26. The van der Waals surface area contributed by atoms with Gasteiger partial charge in [0.2, 0.25) is 0 Å². The Kier molecular flexibility index (Phi) is 3.69. The van der Waals surface area contributed by atoms with Crippen molar-refractivity contribution in [3.8, 4) is 0 Å². The molecule has 6 heteroatoms. The summed E-state index contributed by atoms with van der Waals surface area (Å²) in [7, 11) is 0. The number of nitrogens with zero attached hydrogens (tertiary/aromatic N) is 2. The fourth-order valence-electron chi connectivity index (χ4n) is 2.45. The van der Waals surface area contributed by atoms with Gasteiger partial charge < -0.3 is 15.2 Å². The number of amides is 1. The average molecular weight is 266 g/mol. The summed E-state index contributed by atoms with van der Waals surface area (Å²) in [6.07, 6.45) is -0.278. The zero-order valence-electron chi connectivity index (χ0n) is 10.5. The van der Waals surface area contributed by atoms with Crippen LogP contribution in [-0.2, 0) is 0 Å². The van der Waals surface area contributed by atoms with Gasteiger partial charge in [0.1, 0.15) is 5.82 Å². The Balaban J connectivity index is 2.38. The summed E-state index contributed by atoms with van der Waals surface area (Å²) in [6.45, 7) is 2.01. The molecule has 1 aromatic carbocycles. The highest BCUT2D eigenvalue weighted by molar-refractivity contribution is 5.87. The van der Waals surface area contributed by atoms with Crippen molar-refractivity contribution < 1.29 is 19.5 Å². The van der Waals surface area contributed by atoms with E-state index in [1.807, 2.05) is 0 Å². The highest BCUT2D eigenvalue weighted by atomic mass is 19.1. The molecular formula is C13H15FN2O3. The fraction of sp³-hybridized carbons (Fsp3) is 0.385. The van der Waals surface area contributed by atoms with Crippen molar-refractivity contribution in [3.05, 3.63) is 35.1 Å². The molecule has 1 fully saturated rings. The van der Waals surface area contributed by atoms with E-state index in [0.717, 1.165) is 5.56 Å². The van der Waals surface area contributed by atoms with E-state index in [2.05, 4.69) is 5.16 Å². The van der Waals surface area contributed by atoms with Crippen LogP contribution in [0.3, 0.4) is 0 Å². The Hall–Kier alpha value is -2.11. The van der Waals surface area contributed by atoms with Crippen LogP contribution in [0.4, 0.5) is 9.18 Å². The van der Waals surface area contributed by atoms with Gasteiger partial charge in [-0.3, -0.25) is 0 Å². The van der Waals surface area contributed by atoms with Crippen LogP contribution in [0, 0.1) is 12.7 Å². The van der Waals surface area contributed by atoms with Crippen molar-refractivity contribution >= 4 is 11.8 Å². The summed E-state index contributed by atoms with van der Waals surface area (Å²) < 4.78 is 13.1. The van der Waals surface area contributed by atoms with Gasteiger partial charge in [0.15, 0.2) is 0 Å². The van der Waals surface area contributed by atoms with Crippen LogP contribution in [0.5, 0.6) is 0 Å². The van der Waals surface area contributed by atoms with Crippen LogP contribution in [0.25, 0.3) is 0 Å². The maximum absolute atomic E-state index is 13.1. The molecule has 0 saturated carbocycles. The minimum atomic E-state index is -1.02. The monoisotopic (exact) mass is 266 g/mol. The summed E-state index contributed by atoms with van der Waals surface area (Å²) >= 11 is 0. The molecule has 1 aliphatic rings. The van der Waals surface area contributed by atoms with Gasteiger partial charge in [-0.1, -0.05) is 11.2 Å². The summed E-state index contributed by atoms with van der Waals surface area (Å²) in [5, 5.41) is 21.3. The SMILES string of the molecule is Cc1cc(F)ccc1[C@H]1CC(=NO)CCN1C(=O)O. The number of piperidine rings is 1. The van der Waals surface area contributed by atoms with Crippen molar-refractivity contribution in [3.63, 3.8) is 0 Å². The van der Waals surface area contributed by atoms with E-state index >= 15 is 0 Å². The molecule has 0 unspecified atom stereocenters. The first-order valence-corrected chi connectivity index (χ1v) is 5.98. The number of carboxylic acid groups (broad SMARTS) is 1. The molecule has 102 valence electrons. The van der Waals surface area contributed by atoms with E-state index in [1.165, 1.54) is 17.0 Å². The van der Waals surface area contributed by atoms with Crippen LogP contribution in [-0.4, -0.2) is 33.6 Å². The summed E-state index contributed by atoms with van der Waals surface area (Å²) in [5.74, 6) is -0.352. The molecule has 2 N–H and O–H groups in total. The van der Waals surface area contributed by atoms with Crippen LogP contribution >= 0.6 is 0 Å². The lowest BCUT2D eigenvalue weighted by molar-refractivity contribution is 0.121. The van der Waals surface area contributed by atoms with Crippen LogP contribution in [0.2, 0.25) is 0 Å². The molecule has 1 aromatic rings. The van der Waals surface area contributed by atoms with Crippen molar-refractivity contribution in [2.75, 3.05) is 6.54 Å². The molecule has 1 heterocycles. The molecule has 5 nitrogen and oxygen atoms in total. The van der Waals surface area contributed by atoms with Gasteiger partial charge in [-0.25, -0.2) is 9.18 Å². The smallest absolute Gasteiger partial charge is 0.407 e. The summed E-state index contributed by atoms with van der Waals surface area (Å²) in [6, 6.07) is 3.84. The molecule has 1 amide bonds. The number of hydrogen-bond donors (Lipinski definition) is 2. The number of oxime groups is 1. The molecular weight excluding hydrogens is 251 g/mol. The number of hydrogen-bond acceptors (Lipinski definition) is 3. The maximum Gasteiger partial charge on any atom is 0.407 e. The third-order valence-corrected chi connectivity index (χ3v) is 3.42. The van der Waals surface area contributed by atoms with Gasteiger partial charge in [0, 0.05) is 19.4 Å². The van der Waals surface area contributed by atoms with Gasteiger partial charge >= 0.3 is 6.09 Å². The molecule has 0 radical (unpaired) electrons. The van der Waals surface area contributed by atoms with Crippen molar-refractivity contribution in [2.45, 2.75) is 25.8 Å². The van der Waals surface area contributed by atoms with Crippen LogP contribution < -0.4 is 0 Å². The molecule has 1 atom stereocenters. The van der Waals surface area contributed by atoms with Gasteiger partial charge in [-0.2, -0.15) is 0 Å². The Morgan fingerprint density at radius 1 is 1.53 bits per heavy atom. The van der Waals surface area contributed by atoms with Crippen LogP contribution in [0.15, 0.2) is 23.4 Å². The van der Waals surface area contributed by atoms with E-state index in [4.69, 9.17) is 5.21 Å². The predicted molar refractivity (Wildman–Crippen MR) is 67.1 cm³/mol. The molecule has 0 spiro atoms. The van der Waals surface area contributed by atoms with E-state index in [0.29, 0.717) is 24.1 Å². The largest absolute Gasteiger partial charge is 0.465 e. The maximum atomic E-state index is 13.1. The average Bonchev–Trinajstić information content (AvgIpc) is 2.38. The zero-order chi connectivity index (χ0) is 14.0. The first-order chi connectivity index (χ1) is 9.02. The fourth-order valence-corrected chi connectivity index (χ4v) is 2.45. The number of carbonyl (C=O) groups is 1. The van der Waals surface area contributed by atoms with E-state index in [-0.39, 0.29) is 12.4 Å². The molecule has 1 aliphatic heterocycles. The minimum absolute atomic E-state index is 0.274. The highest BCUT2D eigenvalue weighted by Gasteiger charge is 2.31. The number of likely N-dealkylation sites (tertiary alicyclic amines) is 1. The standard InChI is InChI=1S/C13H15FN2O3/c1-8-6-9(14)2-3-11(8)12-7-10(15-19)4-5-16(12)13(17)18/h2-3,6,12,19H,4-5,7H2,1H3,(H,17,18)/t12-/m1/s1. The lowest BCUT2D eigenvalue weighted by Gasteiger charge is -2.34. The Morgan fingerprint density at radius 2 is 2.26 bits per heavy atom. The number of aryl methyl sites for hydroxylation is 1. The highest BCUT2D eigenvalue weighted by Crippen LogP contribution is 2.32. The molecule has 0 aromatic heterocycles. The second-order valence-electron chi connectivity index (χ2n) is 4.61. The van der Waals surface area contributed by atoms with E-state index in [1.54, 1.807) is 13.0 Å². The van der Waals surface area contributed by atoms with Gasteiger partial charge in [-0.05, 0) is 30.2 Å². The van der Waals surface area contributed by atoms with Crippen molar-refractivity contribution in [1.29, 1.82) is 0 Å². The first kappa shape index (κ1) is 13.3. The summed E-state index contributed by atoms with van der Waals surface area (Å²) in [5.41, 5.74) is 1.99. The molecule has 0 bridgehead atoms. The van der Waals surface area contributed by atoms with E-state index < -0.39 is 12.1 Å². The Morgan fingerprint density at radius 3 is 2.84 bits per heavy atom. The number of halogens is 1. The zero-order valence-corrected chi connectivity index (χ0v) is 10.5. The molecule has 2 rings (SSSR count). The third kappa shape index (κ3) is 2.67. The molecule has 19 heavy (non-hydrogen) atoms. The van der Waals surface area contributed by atoms with Gasteiger partial charge in [0.25, 0.3) is 0 Å². The molecule has 1 saturated heterocycles. The van der Waals surface area contributed by atoms with E-state index in [9.17, 15) is 14.3 Å². The number of rotatable bonds is 1. The quantitative estimate of drug-likeness (QED) is 0.606. The number of benzene rings is 1. The van der Waals surface area contributed by atoms with Crippen molar-refractivity contribution in [1.82, 2.24) is 4.90 Å². The first-order valence-electron chi connectivity index (χ1n) is 5.98. The summed E-state index contributed by atoms with van der Waals surface area (Å²) in [4.78, 5) is 12.6. The van der Waals surface area contributed by atoms with Crippen LogP contribution in [0.1, 0.15) is 30.0 Å². The normalized spacial score (nSPS) is 21.7. The minimum Gasteiger partial charge on any atom is -0.465 e. The Bertz CT molecular complexity index is 531. The second-order valence-corrected chi connectivity index (χ2v) is 4.61. The predicted octanol–water partition coefficient (Wildman–Crippen LogP) is 2.78. The lowest BCUT2D eigenvalue weighted by Crippen LogP contribution is -2.40. The van der Waals surface area contributed by atoms with Crippen molar-refractivity contribution in [2.24, 2.45) is 5.16 Å². The van der Waals surface area contributed by atoms with Gasteiger partial charge in [-0.15, -0.1) is 0 Å². The topological polar surface area (TPSA) is 73.1 Å². The lowest BCUT2D eigenvalue weighted by atomic mass is 9.91. The Labute approximate surface area is 110 Å². The third-order valence-electron chi connectivity index (χ3n) is 3.42.